The molecule has 0 aliphatic carbocycles. The van der Waals surface area contributed by atoms with Crippen molar-refractivity contribution in [2.75, 3.05) is 13.2 Å². The number of ether oxygens (including phenoxy) is 2. The zero-order chi connectivity index (χ0) is 35.6. The van der Waals surface area contributed by atoms with Crippen LogP contribution in [0.1, 0.15) is 45.9 Å². The maximum atomic E-state index is 14.6. The zero-order valence-corrected chi connectivity index (χ0v) is 26.5. The van der Waals surface area contributed by atoms with Crippen LogP contribution in [0.15, 0.2) is 112 Å². The molecular weight excluding hydrogens is 653 g/mol. The lowest BCUT2D eigenvalue weighted by molar-refractivity contribution is -0.137. The summed E-state index contributed by atoms with van der Waals surface area (Å²) in [7, 11) is 0. The summed E-state index contributed by atoms with van der Waals surface area (Å²) in [5, 5.41) is 19.5. The van der Waals surface area contributed by atoms with E-state index in [-0.39, 0.29) is 37.7 Å². The van der Waals surface area contributed by atoms with E-state index in [0.29, 0.717) is 46.6 Å². The summed E-state index contributed by atoms with van der Waals surface area (Å²) in [5.74, 6) is 0.0398. The first-order chi connectivity index (χ1) is 24.2. The van der Waals surface area contributed by atoms with Crippen LogP contribution < -0.4 is 10.1 Å². The monoisotopic (exact) mass is 684 g/mol. The highest BCUT2D eigenvalue weighted by atomic mass is 19.4. The molecule has 0 radical (unpaired) electrons. The van der Waals surface area contributed by atoms with Gasteiger partial charge in [-0.1, -0.05) is 70.9 Å². The van der Waals surface area contributed by atoms with Gasteiger partial charge in [0, 0.05) is 47.1 Å². The fourth-order valence-electron chi connectivity index (χ4n) is 5.54. The minimum absolute atomic E-state index is 0.0168. The minimum Gasteiger partial charge on any atom is -0.494 e. The maximum Gasteiger partial charge on any atom is 0.416 e. The number of nitrogens with one attached hydrogen (secondary N) is 1. The molecule has 4 aromatic rings. The molecule has 1 aliphatic rings. The normalized spacial score (nSPS) is 16.7. The standard InChI is InChI=1S/C35H31F3N8O4/c36-35(37,38)27-14-10-23(11-15-27)21-41-33(48)34(20-25-6-2-4-9-30(25)44-46-40)31(29-8-3-1-7-26(29)22-42-45-39)50-32(43-34)24-12-16-28(17-13-24)49-19-5-18-47/h1-4,6-17,31,47H,5,18-22H2,(H,41,48)/t31-,34-/m1/s1. The quantitative estimate of drug-likeness (QED) is 0.0591. The van der Waals surface area contributed by atoms with Crippen molar-refractivity contribution in [2.24, 2.45) is 15.2 Å². The Kier molecular flexibility index (Phi) is 11.2. The van der Waals surface area contributed by atoms with Gasteiger partial charge in [0.1, 0.15) is 5.75 Å². The number of aliphatic hydroxyl groups is 1. The van der Waals surface area contributed by atoms with Crippen LogP contribution in [0.25, 0.3) is 20.9 Å². The van der Waals surface area contributed by atoms with Gasteiger partial charge in [0.2, 0.25) is 5.90 Å². The number of nitrogens with zero attached hydrogens (tertiary/aromatic N) is 7. The summed E-state index contributed by atoms with van der Waals surface area (Å²) in [6.45, 7) is 0.107. The third-order valence-electron chi connectivity index (χ3n) is 8.01. The highest BCUT2D eigenvalue weighted by Crippen LogP contribution is 2.45. The molecule has 2 atom stereocenters. The molecule has 2 N–H and O–H groups in total. The van der Waals surface area contributed by atoms with E-state index in [4.69, 9.17) is 25.1 Å². The number of benzene rings is 4. The second-order valence-corrected chi connectivity index (χ2v) is 11.2. The van der Waals surface area contributed by atoms with Crippen LogP contribution in [-0.2, 0) is 35.2 Å². The molecule has 1 amide bonds. The third kappa shape index (κ3) is 8.16. The van der Waals surface area contributed by atoms with E-state index < -0.39 is 29.3 Å². The van der Waals surface area contributed by atoms with E-state index in [1.54, 1.807) is 72.8 Å². The van der Waals surface area contributed by atoms with E-state index in [1.165, 1.54) is 12.1 Å². The van der Waals surface area contributed by atoms with Crippen molar-refractivity contribution < 1.29 is 32.5 Å². The molecule has 0 unspecified atom stereocenters. The van der Waals surface area contributed by atoms with E-state index in [0.717, 1.165) is 12.1 Å². The Morgan fingerprint density at radius 3 is 2.34 bits per heavy atom. The molecule has 0 saturated heterocycles. The SMILES string of the molecule is [N-]=[N+]=NCc1ccccc1[C@H]1OC(c2ccc(OCCCO)cc2)=N[C@@]1(Cc1ccccc1N=[N+]=[N-])C(=O)NCc1ccc(C(F)(F)F)cc1. The topological polar surface area (TPSA) is 178 Å². The first-order valence-corrected chi connectivity index (χ1v) is 15.4. The Labute approximate surface area is 284 Å². The van der Waals surface area contributed by atoms with Crippen molar-refractivity contribution in [1.82, 2.24) is 5.32 Å². The predicted octanol–water partition coefficient (Wildman–Crippen LogP) is 8.03. The van der Waals surface area contributed by atoms with E-state index in [9.17, 15) is 23.5 Å². The number of halogens is 3. The number of amides is 1. The molecule has 1 aliphatic heterocycles. The van der Waals surface area contributed by atoms with Crippen molar-refractivity contribution in [1.29, 1.82) is 0 Å². The van der Waals surface area contributed by atoms with Crippen LogP contribution in [0.2, 0.25) is 0 Å². The highest BCUT2D eigenvalue weighted by molar-refractivity contribution is 6.01. The molecule has 1 heterocycles. The van der Waals surface area contributed by atoms with Gasteiger partial charge in [0.25, 0.3) is 5.91 Å². The number of hydrogen-bond acceptors (Lipinski definition) is 7. The van der Waals surface area contributed by atoms with Gasteiger partial charge < -0.3 is 19.9 Å². The van der Waals surface area contributed by atoms with Gasteiger partial charge in [-0.2, -0.15) is 13.2 Å². The second-order valence-electron chi connectivity index (χ2n) is 11.2. The Morgan fingerprint density at radius 1 is 0.960 bits per heavy atom. The fourth-order valence-corrected chi connectivity index (χ4v) is 5.54. The fraction of sp³-hybridized carbons (Fsp3) is 0.257. The Hall–Kier alpha value is -6.01. The average molecular weight is 685 g/mol. The Bertz CT molecular complexity index is 1940. The van der Waals surface area contributed by atoms with E-state index in [2.05, 4.69) is 25.4 Å². The highest BCUT2D eigenvalue weighted by Gasteiger charge is 2.54. The number of azide groups is 2. The van der Waals surface area contributed by atoms with Gasteiger partial charge >= 0.3 is 6.18 Å². The van der Waals surface area contributed by atoms with Crippen LogP contribution in [0.4, 0.5) is 18.9 Å². The molecule has 5 rings (SSSR count). The van der Waals surface area contributed by atoms with E-state index in [1.807, 2.05) is 0 Å². The molecule has 12 nitrogen and oxygen atoms in total. The lowest BCUT2D eigenvalue weighted by Gasteiger charge is -2.32. The summed E-state index contributed by atoms with van der Waals surface area (Å²) in [6.07, 6.45) is -5.28. The van der Waals surface area contributed by atoms with Crippen molar-refractivity contribution in [3.8, 4) is 5.75 Å². The summed E-state index contributed by atoms with van der Waals surface area (Å²) in [6, 6.07) is 24.9. The molecule has 15 heteroatoms. The number of aliphatic imine (C=N–C) groups is 1. The molecule has 0 saturated carbocycles. The van der Waals surface area contributed by atoms with Crippen molar-refractivity contribution in [2.45, 2.75) is 43.8 Å². The Morgan fingerprint density at radius 2 is 1.66 bits per heavy atom. The predicted molar refractivity (Wildman–Crippen MR) is 178 cm³/mol. The Balaban J connectivity index is 1.62. The largest absolute Gasteiger partial charge is 0.494 e. The maximum absolute atomic E-state index is 14.6. The summed E-state index contributed by atoms with van der Waals surface area (Å²) in [5.41, 5.74) is 18.5. The lowest BCUT2D eigenvalue weighted by Crippen LogP contribution is -2.50. The lowest BCUT2D eigenvalue weighted by atomic mass is 9.80. The van der Waals surface area contributed by atoms with Gasteiger partial charge in [0.05, 0.1) is 18.7 Å². The van der Waals surface area contributed by atoms with Crippen LogP contribution in [0, 0.1) is 0 Å². The molecule has 0 bridgehead atoms. The van der Waals surface area contributed by atoms with Crippen LogP contribution in [0.3, 0.4) is 0 Å². The summed E-state index contributed by atoms with van der Waals surface area (Å²) in [4.78, 5) is 25.4. The van der Waals surface area contributed by atoms with Crippen LogP contribution in [0.5, 0.6) is 5.75 Å². The molecule has 0 spiro atoms. The van der Waals surface area contributed by atoms with Gasteiger partial charge in [0.15, 0.2) is 11.6 Å². The molecule has 256 valence electrons. The van der Waals surface area contributed by atoms with Crippen molar-refractivity contribution >= 4 is 17.5 Å². The first-order valence-electron chi connectivity index (χ1n) is 15.4. The van der Waals surface area contributed by atoms with Crippen molar-refractivity contribution in [3.05, 3.63) is 151 Å². The number of carbonyl (C=O) groups excluding carboxylic acids is 1. The number of carbonyl (C=O) groups is 1. The van der Waals surface area contributed by atoms with Crippen LogP contribution in [-0.4, -0.2) is 35.7 Å². The van der Waals surface area contributed by atoms with Crippen molar-refractivity contribution in [3.63, 3.8) is 0 Å². The first kappa shape index (κ1) is 35.3. The molecule has 0 fully saturated rings. The van der Waals surface area contributed by atoms with Crippen LogP contribution >= 0.6 is 0 Å². The smallest absolute Gasteiger partial charge is 0.416 e. The van der Waals surface area contributed by atoms with E-state index >= 15 is 0 Å². The number of rotatable bonds is 14. The minimum atomic E-state index is -4.52. The summed E-state index contributed by atoms with van der Waals surface area (Å²) < 4.78 is 51.8. The number of alkyl halides is 3. The second kappa shape index (κ2) is 15.9. The average Bonchev–Trinajstić information content (AvgIpc) is 3.51. The van der Waals surface area contributed by atoms with Gasteiger partial charge in [-0.3, -0.25) is 4.79 Å². The molecular formula is C35H31F3N8O4. The van der Waals surface area contributed by atoms with Gasteiger partial charge in [-0.15, -0.1) is 0 Å². The van der Waals surface area contributed by atoms with Gasteiger partial charge in [-0.05, 0) is 69.7 Å². The molecule has 4 aromatic carbocycles. The zero-order valence-electron chi connectivity index (χ0n) is 26.5. The molecule has 0 aromatic heterocycles. The number of aliphatic hydroxyl groups excluding tert-OH is 1. The summed E-state index contributed by atoms with van der Waals surface area (Å²) >= 11 is 0. The third-order valence-corrected chi connectivity index (χ3v) is 8.01. The number of hydrogen-bond donors (Lipinski definition) is 2. The van der Waals surface area contributed by atoms with Gasteiger partial charge in [-0.25, -0.2) is 4.99 Å². The molecule has 50 heavy (non-hydrogen) atoms.